The van der Waals surface area contributed by atoms with E-state index in [1.54, 1.807) is 0 Å². The van der Waals surface area contributed by atoms with E-state index in [4.69, 9.17) is 9.47 Å². The summed E-state index contributed by atoms with van der Waals surface area (Å²) in [6.45, 7) is 6.82. The average Bonchev–Trinajstić information content (AvgIpc) is 2.62. The van der Waals surface area contributed by atoms with Gasteiger partial charge in [0.1, 0.15) is 11.5 Å². The predicted molar refractivity (Wildman–Crippen MR) is 114 cm³/mol. The lowest BCUT2D eigenvalue weighted by Crippen LogP contribution is -2.20. The van der Waals surface area contributed by atoms with Gasteiger partial charge in [-0.2, -0.15) is 0 Å². The van der Waals surface area contributed by atoms with Crippen molar-refractivity contribution in [3.8, 4) is 11.5 Å². The monoisotopic (exact) mass is 433 g/mol. The Kier molecular flexibility index (Phi) is 8.65. The summed E-state index contributed by atoms with van der Waals surface area (Å²) >= 11 is 3.46. The second kappa shape index (κ2) is 11.0. The second-order valence-corrected chi connectivity index (χ2v) is 7.55. The summed E-state index contributed by atoms with van der Waals surface area (Å²) in [6, 6.07) is 11.4. The SMILES string of the molecule is CCCCCCOc1ccc(NC(=O)COc2c(C)cc(Br)cc2C)cc1. The summed E-state index contributed by atoms with van der Waals surface area (Å²) in [5.74, 6) is 1.38. The van der Waals surface area contributed by atoms with Crippen LogP contribution in [0, 0.1) is 13.8 Å². The summed E-state index contributed by atoms with van der Waals surface area (Å²) in [6.07, 6.45) is 4.73. The summed E-state index contributed by atoms with van der Waals surface area (Å²) < 4.78 is 12.4. The van der Waals surface area contributed by atoms with Gasteiger partial charge in [-0.1, -0.05) is 42.1 Å². The number of hydrogen-bond acceptors (Lipinski definition) is 3. The minimum Gasteiger partial charge on any atom is -0.494 e. The van der Waals surface area contributed by atoms with E-state index in [1.807, 2.05) is 50.2 Å². The van der Waals surface area contributed by atoms with Gasteiger partial charge in [0, 0.05) is 10.2 Å². The van der Waals surface area contributed by atoms with Gasteiger partial charge in [0.2, 0.25) is 0 Å². The average molecular weight is 434 g/mol. The number of carbonyl (C=O) groups excluding carboxylic acids is 1. The third-order valence-corrected chi connectivity index (χ3v) is 4.64. The Morgan fingerprint density at radius 1 is 1.00 bits per heavy atom. The number of rotatable bonds is 10. The Balaban J connectivity index is 1.79. The first kappa shape index (κ1) is 21.3. The van der Waals surface area contributed by atoms with Crippen molar-refractivity contribution in [3.63, 3.8) is 0 Å². The third-order valence-electron chi connectivity index (χ3n) is 4.18. The van der Waals surface area contributed by atoms with E-state index in [0.717, 1.165) is 45.8 Å². The molecule has 4 nitrogen and oxygen atoms in total. The zero-order valence-electron chi connectivity index (χ0n) is 16.3. The number of unbranched alkanes of at least 4 members (excludes halogenated alkanes) is 3. The van der Waals surface area contributed by atoms with Crippen molar-refractivity contribution in [1.29, 1.82) is 0 Å². The quantitative estimate of drug-likeness (QED) is 0.464. The van der Waals surface area contributed by atoms with E-state index in [2.05, 4.69) is 28.2 Å². The van der Waals surface area contributed by atoms with Gasteiger partial charge in [0.05, 0.1) is 6.61 Å². The molecule has 0 aliphatic rings. The molecule has 0 aromatic heterocycles. The van der Waals surface area contributed by atoms with Crippen LogP contribution in [0.5, 0.6) is 11.5 Å². The minimum atomic E-state index is -0.190. The Morgan fingerprint density at radius 2 is 1.67 bits per heavy atom. The number of hydrogen-bond donors (Lipinski definition) is 1. The van der Waals surface area contributed by atoms with Crippen LogP contribution >= 0.6 is 15.9 Å². The molecule has 0 atom stereocenters. The van der Waals surface area contributed by atoms with Crippen LogP contribution in [-0.4, -0.2) is 19.1 Å². The molecule has 0 spiro atoms. The fourth-order valence-electron chi connectivity index (χ4n) is 2.81. The van der Waals surface area contributed by atoms with Gasteiger partial charge < -0.3 is 14.8 Å². The molecule has 27 heavy (non-hydrogen) atoms. The van der Waals surface area contributed by atoms with Crippen LogP contribution < -0.4 is 14.8 Å². The molecule has 0 radical (unpaired) electrons. The van der Waals surface area contributed by atoms with Crippen LogP contribution in [0.25, 0.3) is 0 Å². The van der Waals surface area contributed by atoms with E-state index in [9.17, 15) is 4.79 Å². The van der Waals surface area contributed by atoms with E-state index >= 15 is 0 Å². The molecule has 2 aromatic carbocycles. The number of carbonyl (C=O) groups is 1. The molecule has 0 saturated heterocycles. The number of anilines is 1. The number of halogens is 1. The van der Waals surface area contributed by atoms with Crippen LogP contribution in [0.4, 0.5) is 5.69 Å². The predicted octanol–water partition coefficient (Wildman–Crippen LogP) is 6.04. The lowest BCUT2D eigenvalue weighted by atomic mass is 10.1. The van der Waals surface area contributed by atoms with Crippen LogP contribution in [0.3, 0.4) is 0 Å². The third kappa shape index (κ3) is 7.25. The maximum atomic E-state index is 12.2. The van der Waals surface area contributed by atoms with E-state index in [0.29, 0.717) is 0 Å². The standard InChI is InChI=1S/C22H28BrNO3/c1-4-5-6-7-12-26-20-10-8-19(9-11-20)24-21(25)15-27-22-16(2)13-18(23)14-17(22)3/h8-11,13-14H,4-7,12,15H2,1-3H3,(H,24,25). The summed E-state index contributed by atoms with van der Waals surface area (Å²) in [7, 11) is 0. The highest BCUT2D eigenvalue weighted by Crippen LogP contribution is 2.27. The Bertz CT molecular complexity index is 721. The molecule has 0 aliphatic carbocycles. The number of benzene rings is 2. The first-order valence-corrected chi connectivity index (χ1v) is 10.2. The summed E-state index contributed by atoms with van der Waals surface area (Å²) in [5, 5.41) is 2.84. The largest absolute Gasteiger partial charge is 0.494 e. The molecule has 0 saturated carbocycles. The lowest BCUT2D eigenvalue weighted by molar-refractivity contribution is -0.118. The zero-order chi connectivity index (χ0) is 19.6. The molecular formula is C22H28BrNO3. The number of ether oxygens (including phenoxy) is 2. The first-order chi connectivity index (χ1) is 13.0. The van der Waals surface area contributed by atoms with Crippen LogP contribution in [0.2, 0.25) is 0 Å². The maximum Gasteiger partial charge on any atom is 0.262 e. The highest BCUT2D eigenvalue weighted by Gasteiger charge is 2.09. The van der Waals surface area contributed by atoms with Crippen molar-refractivity contribution in [1.82, 2.24) is 0 Å². The van der Waals surface area contributed by atoms with E-state index in [1.165, 1.54) is 19.3 Å². The molecular weight excluding hydrogens is 406 g/mol. The van der Waals surface area contributed by atoms with Gasteiger partial charge in [-0.15, -0.1) is 0 Å². The normalized spacial score (nSPS) is 10.5. The van der Waals surface area contributed by atoms with Gasteiger partial charge in [-0.25, -0.2) is 0 Å². The molecule has 5 heteroatoms. The van der Waals surface area contributed by atoms with Gasteiger partial charge >= 0.3 is 0 Å². The van der Waals surface area contributed by atoms with Crippen LogP contribution in [0.15, 0.2) is 40.9 Å². The highest BCUT2D eigenvalue weighted by atomic mass is 79.9. The second-order valence-electron chi connectivity index (χ2n) is 6.64. The molecule has 1 N–H and O–H groups in total. The van der Waals surface area contributed by atoms with Crippen molar-refractivity contribution in [2.24, 2.45) is 0 Å². The van der Waals surface area contributed by atoms with E-state index < -0.39 is 0 Å². The molecule has 2 aromatic rings. The molecule has 0 unspecified atom stereocenters. The van der Waals surface area contributed by atoms with Crippen LogP contribution in [-0.2, 0) is 4.79 Å². The maximum absolute atomic E-state index is 12.2. The Hall–Kier alpha value is -2.01. The molecule has 0 aliphatic heterocycles. The van der Waals surface area contributed by atoms with Crippen molar-refractivity contribution >= 4 is 27.5 Å². The number of amides is 1. The van der Waals surface area contributed by atoms with Crippen LogP contribution in [0.1, 0.15) is 43.7 Å². The summed E-state index contributed by atoms with van der Waals surface area (Å²) in [4.78, 5) is 12.2. The topological polar surface area (TPSA) is 47.6 Å². The number of nitrogens with one attached hydrogen (secondary N) is 1. The van der Waals surface area contributed by atoms with Gasteiger partial charge in [-0.3, -0.25) is 4.79 Å². The fourth-order valence-corrected chi connectivity index (χ4v) is 3.50. The van der Waals surface area contributed by atoms with Crippen molar-refractivity contribution in [2.45, 2.75) is 46.5 Å². The molecule has 0 fully saturated rings. The lowest BCUT2D eigenvalue weighted by Gasteiger charge is -2.13. The van der Waals surface area contributed by atoms with E-state index in [-0.39, 0.29) is 12.5 Å². The molecule has 1 amide bonds. The van der Waals surface area contributed by atoms with Crippen molar-refractivity contribution < 1.29 is 14.3 Å². The smallest absolute Gasteiger partial charge is 0.262 e. The molecule has 0 heterocycles. The minimum absolute atomic E-state index is 0.0288. The zero-order valence-corrected chi connectivity index (χ0v) is 17.9. The molecule has 2 rings (SSSR count). The summed E-state index contributed by atoms with van der Waals surface area (Å²) in [5.41, 5.74) is 2.72. The highest BCUT2D eigenvalue weighted by molar-refractivity contribution is 9.10. The number of aryl methyl sites for hydroxylation is 2. The van der Waals surface area contributed by atoms with Crippen molar-refractivity contribution in [3.05, 3.63) is 52.0 Å². The fraction of sp³-hybridized carbons (Fsp3) is 0.409. The molecule has 146 valence electrons. The van der Waals surface area contributed by atoms with Crippen molar-refractivity contribution in [2.75, 3.05) is 18.5 Å². The van der Waals surface area contributed by atoms with Gasteiger partial charge in [0.25, 0.3) is 5.91 Å². The van der Waals surface area contributed by atoms with Gasteiger partial charge in [0.15, 0.2) is 6.61 Å². The Labute approximate surface area is 170 Å². The molecule has 0 bridgehead atoms. The first-order valence-electron chi connectivity index (χ1n) is 9.42. The Morgan fingerprint density at radius 3 is 2.30 bits per heavy atom. The van der Waals surface area contributed by atoms with Gasteiger partial charge in [-0.05, 0) is 67.8 Å².